The third-order valence-corrected chi connectivity index (χ3v) is 20.7. The Labute approximate surface area is 579 Å². The molecule has 4 amide bonds. The second-order valence-corrected chi connectivity index (χ2v) is 31.1. The summed E-state index contributed by atoms with van der Waals surface area (Å²) in [6.07, 6.45) is 5.46. The topological polar surface area (TPSA) is 328 Å². The first kappa shape index (κ1) is 75.7. The van der Waals surface area contributed by atoms with Gasteiger partial charge in [0.1, 0.15) is 23.3 Å². The van der Waals surface area contributed by atoms with Gasteiger partial charge in [0.2, 0.25) is 43.8 Å². The summed E-state index contributed by atoms with van der Waals surface area (Å²) in [5.74, 6) is -1.78. The Morgan fingerprint density at radius 3 is 1.16 bits per heavy atom. The largest absolute Gasteiger partial charge is 0.379 e. The van der Waals surface area contributed by atoms with Gasteiger partial charge in [-0.05, 0) is 154 Å². The molecule has 4 heterocycles. The van der Waals surface area contributed by atoms with E-state index in [0.717, 1.165) is 0 Å². The van der Waals surface area contributed by atoms with Gasteiger partial charge in [-0.2, -0.15) is 9.97 Å². The predicted octanol–water partition coefficient (Wildman–Crippen LogP) is 10.5. The highest BCUT2D eigenvalue weighted by Gasteiger charge is 2.32. The van der Waals surface area contributed by atoms with Gasteiger partial charge >= 0.3 is 0 Å². The number of nitrogens with one attached hydrogen (secondary N) is 8. The number of anilines is 10. The highest BCUT2D eigenvalue weighted by molar-refractivity contribution is 7.94. The number of likely N-dealkylation sites (tertiary alicyclic amines) is 2. The van der Waals surface area contributed by atoms with Crippen molar-refractivity contribution in [2.75, 3.05) is 110 Å². The van der Waals surface area contributed by atoms with Gasteiger partial charge in [-0.15, -0.1) is 0 Å². The highest BCUT2D eigenvalue weighted by Crippen LogP contribution is 2.34. The summed E-state index contributed by atoms with van der Waals surface area (Å²) >= 11 is 12.6. The lowest BCUT2D eigenvalue weighted by molar-refractivity contribution is -0.134. The molecule has 0 aliphatic carbocycles. The van der Waals surface area contributed by atoms with Crippen LogP contribution in [-0.4, -0.2) is 171 Å². The molecule has 0 radical (unpaired) electrons. The number of carbonyl (C=O) groups is 4. The van der Waals surface area contributed by atoms with Crippen LogP contribution in [0, 0.1) is 25.5 Å². The van der Waals surface area contributed by atoms with Crippen molar-refractivity contribution in [2.45, 2.75) is 115 Å². The number of ether oxygens (including phenoxy) is 4. The maximum absolute atomic E-state index is 15.4. The Morgan fingerprint density at radius 2 is 0.827 bits per heavy atom. The van der Waals surface area contributed by atoms with Gasteiger partial charge in [0.25, 0.3) is 11.8 Å². The molecule has 530 valence electrons. The normalized spacial score (nSPS) is 14.2. The van der Waals surface area contributed by atoms with Crippen molar-refractivity contribution in [1.29, 1.82) is 0 Å². The summed E-state index contributed by atoms with van der Waals surface area (Å²) < 4.78 is 107. The lowest BCUT2D eigenvalue weighted by atomic mass is 10.0. The van der Waals surface area contributed by atoms with Crippen molar-refractivity contribution in [3.8, 4) is 0 Å². The molecule has 0 bridgehead atoms. The van der Waals surface area contributed by atoms with Crippen LogP contribution in [0.5, 0.6) is 0 Å². The Morgan fingerprint density at radius 1 is 0.500 bits per heavy atom. The second-order valence-electron chi connectivity index (χ2n) is 25.4. The molecule has 2 fully saturated rings. The smallest absolute Gasteiger partial charge is 0.254 e. The molecule has 98 heavy (non-hydrogen) atoms. The fourth-order valence-electron chi connectivity index (χ4n) is 9.77. The number of aryl methyl sites for hydroxylation is 2. The Bertz CT molecular complexity index is 3790. The molecule has 0 spiro atoms. The molecule has 4 aromatic carbocycles. The number of halogens is 4. The van der Waals surface area contributed by atoms with Gasteiger partial charge in [-0.3, -0.25) is 28.6 Å². The Hall–Kier alpha value is -8.10. The van der Waals surface area contributed by atoms with E-state index in [4.69, 9.17) is 42.1 Å². The molecular formula is C66H84Cl2F2N14O12S2. The van der Waals surface area contributed by atoms with Crippen LogP contribution in [0.4, 0.5) is 66.4 Å². The second kappa shape index (κ2) is 34.1. The molecule has 32 heteroatoms. The number of aromatic nitrogens is 4. The summed E-state index contributed by atoms with van der Waals surface area (Å²) in [5, 5.41) is 18.4. The zero-order valence-electron chi connectivity index (χ0n) is 55.9. The van der Waals surface area contributed by atoms with E-state index < -0.39 is 53.0 Å². The van der Waals surface area contributed by atoms with Crippen LogP contribution in [0.25, 0.3) is 0 Å². The molecule has 8 N–H and O–H groups in total. The van der Waals surface area contributed by atoms with Crippen molar-refractivity contribution in [3.05, 3.63) is 129 Å². The van der Waals surface area contributed by atoms with Gasteiger partial charge in [-0.25, -0.2) is 35.6 Å². The van der Waals surface area contributed by atoms with Crippen LogP contribution in [0.3, 0.4) is 0 Å². The van der Waals surface area contributed by atoms with Crippen molar-refractivity contribution in [2.24, 2.45) is 0 Å². The maximum Gasteiger partial charge on any atom is 0.254 e. The highest BCUT2D eigenvalue weighted by atomic mass is 35.5. The third-order valence-electron chi connectivity index (χ3n) is 15.8. The first-order valence-corrected chi connectivity index (χ1v) is 35.6. The van der Waals surface area contributed by atoms with E-state index in [0.29, 0.717) is 124 Å². The SMILES string of the molecule is Cc1cnc(Nc2ccc(C(=O)NC3CCN(C(=O)CCOCCOCCOCCOCCC(=O)N4CCC(NC(=O)c5ccc(Nc6ncc(C)c(Nc7ccc(Cl)c(NS(=O)(=O)C(C)(C)C)c7)n6)cc5F)CC4)CC3)c(F)c2)nc1Nc1ccc(Cl)c(NS(=O)(=O)C(C)(C)C)c1. The molecule has 2 aliphatic rings. The van der Waals surface area contributed by atoms with E-state index >= 15 is 8.78 Å². The van der Waals surface area contributed by atoms with Gasteiger partial charge in [-0.1, -0.05) is 23.2 Å². The minimum absolute atomic E-state index is 0.0751. The lowest BCUT2D eigenvalue weighted by Gasteiger charge is -2.32. The number of carbonyl (C=O) groups excluding carboxylic acids is 4. The molecule has 8 rings (SSSR count). The van der Waals surface area contributed by atoms with Crippen molar-refractivity contribution in [3.63, 3.8) is 0 Å². The molecule has 26 nitrogen and oxygen atoms in total. The average molecular weight is 1440 g/mol. The summed E-state index contributed by atoms with van der Waals surface area (Å²) in [6, 6.07) is 17.1. The monoisotopic (exact) mass is 1440 g/mol. The number of hydrogen-bond donors (Lipinski definition) is 8. The first-order valence-electron chi connectivity index (χ1n) is 31.9. The summed E-state index contributed by atoms with van der Waals surface area (Å²) in [5.41, 5.74) is 3.00. The number of sulfonamides is 2. The molecule has 2 aromatic heterocycles. The van der Waals surface area contributed by atoms with E-state index in [-0.39, 0.29) is 108 Å². The van der Waals surface area contributed by atoms with Crippen molar-refractivity contribution >= 4 is 125 Å². The van der Waals surface area contributed by atoms with E-state index in [1.807, 2.05) is 0 Å². The fraction of sp³-hybridized carbons (Fsp3) is 0.455. The molecule has 2 saturated heterocycles. The molecular weight excluding hydrogens is 1350 g/mol. The minimum Gasteiger partial charge on any atom is -0.379 e. The number of benzene rings is 4. The van der Waals surface area contributed by atoms with Crippen LogP contribution in [0.2, 0.25) is 10.0 Å². The third kappa shape index (κ3) is 21.7. The van der Waals surface area contributed by atoms with Gasteiger partial charge in [0.15, 0.2) is 0 Å². The quantitative estimate of drug-likeness (QED) is 0.0188. The lowest BCUT2D eigenvalue weighted by Crippen LogP contribution is -2.46. The zero-order valence-corrected chi connectivity index (χ0v) is 59.0. The Kier molecular flexibility index (Phi) is 26.3. The fourth-order valence-corrected chi connectivity index (χ4v) is 11.7. The van der Waals surface area contributed by atoms with E-state index in [9.17, 15) is 36.0 Å². The van der Waals surface area contributed by atoms with Gasteiger partial charge in [0, 0.05) is 84.5 Å². The van der Waals surface area contributed by atoms with Gasteiger partial charge in [0.05, 0.1) is 108 Å². The number of piperidine rings is 2. The molecule has 6 aromatic rings. The molecule has 0 unspecified atom stereocenters. The van der Waals surface area contributed by atoms with E-state index in [1.165, 1.54) is 36.4 Å². The van der Waals surface area contributed by atoms with E-state index in [2.05, 4.69) is 61.3 Å². The number of rotatable bonds is 31. The van der Waals surface area contributed by atoms with Crippen LogP contribution < -0.4 is 41.3 Å². The maximum atomic E-state index is 15.4. The van der Waals surface area contributed by atoms with E-state index in [1.54, 1.807) is 114 Å². The molecule has 0 saturated carbocycles. The van der Waals surface area contributed by atoms with Crippen LogP contribution in [0.1, 0.15) is 112 Å². The Balaban J connectivity index is 0.624. The van der Waals surface area contributed by atoms with Crippen LogP contribution in [-0.2, 0) is 48.6 Å². The zero-order chi connectivity index (χ0) is 71.0. The summed E-state index contributed by atoms with van der Waals surface area (Å²) in [6.45, 7) is 16.9. The van der Waals surface area contributed by atoms with Gasteiger partial charge < -0.3 is 60.6 Å². The first-order chi connectivity index (χ1) is 46.4. The van der Waals surface area contributed by atoms with Crippen molar-refractivity contribution < 1.29 is 63.7 Å². The van der Waals surface area contributed by atoms with Crippen LogP contribution in [0.15, 0.2) is 85.2 Å². The average Bonchev–Trinajstić information content (AvgIpc) is 0.830. The number of amides is 4. The number of nitrogens with zero attached hydrogens (tertiary/aromatic N) is 6. The summed E-state index contributed by atoms with van der Waals surface area (Å²) in [4.78, 5) is 73.3. The minimum atomic E-state index is -3.75. The molecule has 2 aliphatic heterocycles. The van der Waals surface area contributed by atoms with Crippen molar-refractivity contribution in [1.82, 2.24) is 40.4 Å². The summed E-state index contributed by atoms with van der Waals surface area (Å²) in [7, 11) is -7.51. The number of hydrogen-bond acceptors (Lipinski definition) is 20. The molecule has 0 atom stereocenters. The van der Waals surface area contributed by atoms with Crippen LogP contribution >= 0.6 is 23.2 Å². The predicted molar refractivity (Wildman–Crippen MR) is 374 cm³/mol. The standard InChI is InChI=1S/C66H84Cl2F2N14O12S2/c1-41-39-71-63(79-59(41)73-47-11-15-51(67)55(37-47)81-97(89,90)65(3,4)5)77-45-9-13-49(53(69)35-45)61(87)75-43-17-23-83(24-18-43)57(85)21-27-93-29-31-95-33-34-96-32-30-94-28-22-58(86)84-25-19-44(20-26-84)76-62(88)50-14-10-46(36-54(50)70)78-64-72-40-42(2)60(80-64)74-48-12-16-52(68)56(38-48)82-98(91,92)66(6,7)8/h9-16,35-40,43-44,81-82H,17-34H2,1-8H3,(H,75,87)(H,76,88)(H2,71,73,77,79)(H2,72,74,78,80).